The highest BCUT2D eigenvalue weighted by Crippen LogP contribution is 2.57. The second-order valence-electron chi connectivity index (χ2n) is 24.6. The molecule has 0 nitrogen and oxygen atoms in total. The summed E-state index contributed by atoms with van der Waals surface area (Å²) in [6, 6.07) is 58.6. The van der Waals surface area contributed by atoms with Gasteiger partial charge in [0.1, 0.15) is 0 Å². The molecule has 11 rings (SSSR count). The van der Waals surface area contributed by atoms with Crippen molar-refractivity contribution >= 4 is 43.1 Å². The fraction of sp³-hybridized carbons (Fsp3) is 0.436. The first-order chi connectivity index (χ1) is 38.6. The summed E-state index contributed by atoms with van der Waals surface area (Å²) in [5.41, 5.74) is 17.8. The Morgan fingerprint density at radius 3 is 0.897 bits per heavy atom. The number of fused-ring (bicyclic) bond motifs is 8. The maximum Gasteiger partial charge on any atom is 0.0215 e. The molecule has 9 aromatic carbocycles. The first-order valence-electron chi connectivity index (χ1n) is 32.2. The molecule has 0 aliphatic heterocycles. The highest BCUT2D eigenvalue weighted by Gasteiger charge is 2.44. The van der Waals surface area contributed by atoms with Crippen LogP contribution in [0.25, 0.3) is 87.6 Å². The zero-order chi connectivity index (χ0) is 53.3. The largest absolute Gasteiger partial charge is 0.0654 e. The van der Waals surface area contributed by atoms with Gasteiger partial charge >= 0.3 is 0 Å². The summed E-state index contributed by atoms with van der Waals surface area (Å²) in [7, 11) is 0. The van der Waals surface area contributed by atoms with Crippen molar-refractivity contribution in [3.8, 4) is 44.5 Å². The zero-order valence-electron chi connectivity index (χ0n) is 48.7. The molecule has 0 atom stereocenters. The predicted molar refractivity (Wildman–Crippen MR) is 343 cm³/mol. The van der Waals surface area contributed by atoms with Crippen LogP contribution >= 0.6 is 0 Å². The summed E-state index contributed by atoms with van der Waals surface area (Å²) >= 11 is 0. The first-order valence-corrected chi connectivity index (χ1v) is 32.2. The lowest BCUT2D eigenvalue weighted by atomic mass is 9.70. The van der Waals surface area contributed by atoms with Crippen LogP contribution in [0.15, 0.2) is 146 Å². The lowest BCUT2D eigenvalue weighted by Gasteiger charge is -2.33. The van der Waals surface area contributed by atoms with Gasteiger partial charge in [0.05, 0.1) is 0 Å². The molecule has 2 aliphatic rings. The molecule has 0 N–H and O–H groups in total. The van der Waals surface area contributed by atoms with E-state index < -0.39 is 0 Å². The molecule has 0 saturated heterocycles. The van der Waals surface area contributed by atoms with Gasteiger partial charge in [-0.25, -0.2) is 0 Å². The molecule has 9 aromatic rings. The number of hydrogen-bond donors (Lipinski definition) is 0. The smallest absolute Gasteiger partial charge is 0.0215 e. The summed E-state index contributed by atoms with van der Waals surface area (Å²) in [4.78, 5) is 0. The molecule has 404 valence electrons. The van der Waals surface area contributed by atoms with Gasteiger partial charge in [-0.3, -0.25) is 0 Å². The lowest BCUT2D eigenvalue weighted by Crippen LogP contribution is -2.25. The minimum Gasteiger partial charge on any atom is -0.0654 e. The Bertz CT molecular complexity index is 3150. The van der Waals surface area contributed by atoms with Crippen LogP contribution in [0.4, 0.5) is 0 Å². The predicted octanol–water partition coefficient (Wildman–Crippen LogP) is 24.6. The Labute approximate surface area is 471 Å². The van der Waals surface area contributed by atoms with E-state index in [4.69, 9.17) is 0 Å². The highest BCUT2D eigenvalue weighted by molar-refractivity contribution is 6.35. The minimum atomic E-state index is 0.0577. The van der Waals surface area contributed by atoms with Gasteiger partial charge < -0.3 is 0 Å². The molecule has 0 fully saturated rings. The van der Waals surface area contributed by atoms with Gasteiger partial charge in [0.2, 0.25) is 0 Å². The van der Waals surface area contributed by atoms with Crippen molar-refractivity contribution in [2.75, 3.05) is 0 Å². The maximum absolute atomic E-state index is 2.67. The van der Waals surface area contributed by atoms with Crippen molar-refractivity contribution in [1.29, 1.82) is 0 Å². The Morgan fingerprint density at radius 2 is 0.526 bits per heavy atom. The zero-order valence-corrected chi connectivity index (χ0v) is 48.7. The van der Waals surface area contributed by atoms with E-state index >= 15 is 0 Å². The molecular weight excluding hydrogens is 937 g/mol. The molecule has 0 heterocycles. The van der Waals surface area contributed by atoms with Crippen LogP contribution in [0.3, 0.4) is 0 Å². The standard InChI is InChI=1S/C78H92/c1-5-9-13-17-21-29-51-77(52-30-22-18-14-10-6-2)71-41-27-25-35-61(71)63-45-43-57(55-73(63)77)59-47-49-69-68-40-34-38-66-60(48-50-70(76(66)68)67-39-33-37-65(59)75(67)69)58-44-46-64-62-36-26-28-42-72(62)78(74(64)56-58,53-31-23-19-15-11-7-3)54-32-24-20-16-12-8-4/h25-28,33-50,55-56H,5-24,29-32,51-54H2,1-4H3. The third kappa shape index (κ3) is 10.4. The lowest BCUT2D eigenvalue weighted by molar-refractivity contribution is 0.398. The molecule has 0 unspecified atom stereocenters. The topological polar surface area (TPSA) is 0 Å². The number of benzene rings is 9. The van der Waals surface area contributed by atoms with Crippen molar-refractivity contribution in [3.63, 3.8) is 0 Å². The van der Waals surface area contributed by atoms with E-state index in [0.29, 0.717) is 0 Å². The average molecular weight is 1030 g/mol. The maximum atomic E-state index is 2.67. The summed E-state index contributed by atoms with van der Waals surface area (Å²) in [6.45, 7) is 9.34. The third-order valence-electron chi connectivity index (χ3n) is 19.6. The molecule has 0 radical (unpaired) electrons. The van der Waals surface area contributed by atoms with Gasteiger partial charge in [-0.2, -0.15) is 0 Å². The van der Waals surface area contributed by atoms with E-state index in [0.717, 1.165) is 0 Å². The molecule has 2 aliphatic carbocycles. The van der Waals surface area contributed by atoms with Crippen molar-refractivity contribution < 1.29 is 0 Å². The van der Waals surface area contributed by atoms with E-state index in [1.165, 1.54) is 267 Å². The van der Waals surface area contributed by atoms with Crippen LogP contribution in [-0.2, 0) is 10.8 Å². The Balaban J connectivity index is 0.981. The van der Waals surface area contributed by atoms with E-state index in [9.17, 15) is 0 Å². The van der Waals surface area contributed by atoms with E-state index in [1.54, 1.807) is 22.3 Å². The Kier molecular flexibility index (Phi) is 17.5. The van der Waals surface area contributed by atoms with E-state index in [2.05, 4.69) is 173 Å². The summed E-state index contributed by atoms with van der Waals surface area (Å²) in [5, 5.41) is 11.0. The fourth-order valence-corrected chi connectivity index (χ4v) is 15.6. The van der Waals surface area contributed by atoms with Gasteiger partial charge in [0, 0.05) is 10.8 Å². The van der Waals surface area contributed by atoms with Crippen LogP contribution in [-0.4, -0.2) is 0 Å². The molecule has 0 amide bonds. The number of rotatable bonds is 30. The van der Waals surface area contributed by atoms with Crippen LogP contribution in [0.1, 0.15) is 230 Å². The molecule has 0 bridgehead atoms. The second kappa shape index (κ2) is 25.2. The Hall–Kier alpha value is -5.72. The van der Waals surface area contributed by atoms with Crippen molar-refractivity contribution in [2.45, 2.75) is 218 Å². The normalized spacial score (nSPS) is 14.0. The molecule has 0 saturated carbocycles. The number of unbranched alkanes of at least 4 members (excludes halogenated alkanes) is 20. The molecule has 0 spiro atoms. The van der Waals surface area contributed by atoms with Crippen LogP contribution in [0.2, 0.25) is 0 Å². The number of hydrogen-bond acceptors (Lipinski definition) is 0. The summed E-state index contributed by atoms with van der Waals surface area (Å²) in [5.74, 6) is 0. The third-order valence-corrected chi connectivity index (χ3v) is 19.6. The first kappa shape index (κ1) is 54.2. The van der Waals surface area contributed by atoms with E-state index in [-0.39, 0.29) is 10.8 Å². The van der Waals surface area contributed by atoms with Crippen molar-refractivity contribution in [2.24, 2.45) is 0 Å². The quantitative estimate of drug-likeness (QED) is 0.0239. The molecule has 78 heavy (non-hydrogen) atoms. The average Bonchev–Trinajstić information content (AvgIpc) is 4.05. The molecular formula is C78H92. The molecule has 0 heteroatoms. The van der Waals surface area contributed by atoms with Gasteiger partial charge in [-0.1, -0.05) is 315 Å². The van der Waals surface area contributed by atoms with Crippen LogP contribution in [0.5, 0.6) is 0 Å². The van der Waals surface area contributed by atoms with Gasteiger partial charge in [0.15, 0.2) is 0 Å². The summed E-state index contributed by atoms with van der Waals surface area (Å²) < 4.78 is 0. The molecule has 0 aromatic heterocycles. The minimum absolute atomic E-state index is 0.0577. The van der Waals surface area contributed by atoms with Crippen LogP contribution in [0, 0.1) is 0 Å². The highest BCUT2D eigenvalue weighted by atomic mass is 14.5. The second-order valence-corrected chi connectivity index (χ2v) is 24.6. The van der Waals surface area contributed by atoms with Crippen LogP contribution < -0.4 is 0 Å². The van der Waals surface area contributed by atoms with Crippen molar-refractivity contribution in [3.05, 3.63) is 168 Å². The summed E-state index contributed by atoms with van der Waals surface area (Å²) in [6.07, 6.45) is 37.1. The Morgan fingerprint density at radius 1 is 0.231 bits per heavy atom. The SMILES string of the molecule is CCCCCCCCC1(CCCCCCCC)c2ccccc2-c2ccc(-c3ccc4c5cccc6c(-c7ccc8c(c7)C(CCCCCCCC)(CCCCCCCC)c7ccccc7-8)ccc(c7cccc3c74)c65)cc21. The van der Waals surface area contributed by atoms with Gasteiger partial charge in [-0.15, -0.1) is 0 Å². The van der Waals surface area contributed by atoms with E-state index in [1.807, 2.05) is 0 Å². The van der Waals surface area contributed by atoms with Crippen molar-refractivity contribution in [1.82, 2.24) is 0 Å². The fourth-order valence-electron chi connectivity index (χ4n) is 15.6. The monoisotopic (exact) mass is 1030 g/mol. The van der Waals surface area contributed by atoms with Gasteiger partial charge in [-0.05, 0) is 148 Å². The van der Waals surface area contributed by atoms with Gasteiger partial charge in [0.25, 0.3) is 0 Å².